The van der Waals surface area contributed by atoms with Crippen LogP contribution >= 0.6 is 11.6 Å². The molecule has 1 fully saturated rings. The van der Waals surface area contributed by atoms with E-state index in [0.717, 1.165) is 6.07 Å². The first-order chi connectivity index (χ1) is 8.59. The van der Waals surface area contributed by atoms with Gasteiger partial charge in [0.2, 0.25) is 0 Å². The van der Waals surface area contributed by atoms with Gasteiger partial charge in [0, 0.05) is 23.7 Å². The SMILES string of the molecule is O=C([C@@H](O)c1ccc(Cl)cc1F)N1CCOCC1. The Bertz CT molecular complexity index is 449. The van der Waals surface area contributed by atoms with Crippen LogP contribution in [-0.4, -0.2) is 42.2 Å². The van der Waals surface area contributed by atoms with Crippen molar-refractivity contribution in [2.45, 2.75) is 6.10 Å². The van der Waals surface area contributed by atoms with E-state index in [9.17, 15) is 14.3 Å². The molecule has 0 aromatic heterocycles. The van der Waals surface area contributed by atoms with E-state index < -0.39 is 17.8 Å². The summed E-state index contributed by atoms with van der Waals surface area (Å²) in [5.74, 6) is -1.20. The lowest BCUT2D eigenvalue weighted by atomic mass is 10.1. The number of nitrogens with zero attached hydrogens (tertiary/aromatic N) is 1. The average molecular weight is 274 g/mol. The zero-order chi connectivity index (χ0) is 13.1. The van der Waals surface area contributed by atoms with E-state index in [4.69, 9.17) is 16.3 Å². The second-order valence-electron chi connectivity index (χ2n) is 4.01. The molecule has 1 aliphatic rings. The summed E-state index contributed by atoms with van der Waals surface area (Å²) >= 11 is 5.62. The van der Waals surface area contributed by atoms with Gasteiger partial charge in [-0.25, -0.2) is 4.39 Å². The highest BCUT2D eigenvalue weighted by atomic mass is 35.5. The normalized spacial score (nSPS) is 17.6. The Balaban J connectivity index is 2.14. The van der Waals surface area contributed by atoms with Crippen LogP contribution in [0.1, 0.15) is 11.7 Å². The van der Waals surface area contributed by atoms with E-state index in [2.05, 4.69) is 0 Å². The minimum absolute atomic E-state index is 0.0594. The van der Waals surface area contributed by atoms with Crippen molar-refractivity contribution in [2.24, 2.45) is 0 Å². The molecule has 0 unspecified atom stereocenters. The highest BCUT2D eigenvalue weighted by Crippen LogP contribution is 2.22. The third kappa shape index (κ3) is 2.80. The molecule has 0 aliphatic carbocycles. The third-order valence-electron chi connectivity index (χ3n) is 2.81. The molecule has 0 bridgehead atoms. The monoisotopic (exact) mass is 273 g/mol. The Hall–Kier alpha value is -1.17. The molecule has 2 rings (SSSR count). The quantitative estimate of drug-likeness (QED) is 0.885. The second kappa shape index (κ2) is 5.65. The van der Waals surface area contributed by atoms with Gasteiger partial charge in [-0.1, -0.05) is 17.7 Å². The van der Waals surface area contributed by atoms with E-state index in [1.165, 1.54) is 17.0 Å². The number of hydrogen-bond acceptors (Lipinski definition) is 3. The Morgan fingerprint density at radius 3 is 2.72 bits per heavy atom. The molecule has 1 aromatic rings. The molecule has 1 amide bonds. The van der Waals surface area contributed by atoms with Gasteiger partial charge in [0.1, 0.15) is 5.82 Å². The fraction of sp³-hybridized carbons (Fsp3) is 0.417. The number of benzene rings is 1. The first kappa shape index (κ1) is 13.3. The average Bonchev–Trinajstić information content (AvgIpc) is 2.38. The largest absolute Gasteiger partial charge is 0.378 e. The maximum atomic E-state index is 13.6. The Labute approximate surface area is 109 Å². The van der Waals surface area contributed by atoms with Crippen molar-refractivity contribution in [3.8, 4) is 0 Å². The zero-order valence-electron chi connectivity index (χ0n) is 9.60. The summed E-state index contributed by atoms with van der Waals surface area (Å²) in [6.07, 6.45) is -1.50. The van der Waals surface area contributed by atoms with Crippen LogP contribution in [0.25, 0.3) is 0 Å². The van der Waals surface area contributed by atoms with Crippen LogP contribution in [0, 0.1) is 5.82 Å². The van der Waals surface area contributed by atoms with Gasteiger partial charge < -0.3 is 14.7 Å². The van der Waals surface area contributed by atoms with Crippen molar-refractivity contribution in [1.29, 1.82) is 0 Å². The number of morpholine rings is 1. The molecule has 4 nitrogen and oxygen atoms in total. The van der Waals surface area contributed by atoms with Crippen LogP contribution in [0.3, 0.4) is 0 Å². The number of halogens is 2. The van der Waals surface area contributed by atoms with Gasteiger partial charge in [0.25, 0.3) is 5.91 Å². The van der Waals surface area contributed by atoms with Gasteiger partial charge in [0.15, 0.2) is 6.10 Å². The molecule has 6 heteroatoms. The lowest BCUT2D eigenvalue weighted by Crippen LogP contribution is -2.43. The molecular formula is C12H13ClFNO3. The fourth-order valence-electron chi connectivity index (χ4n) is 1.81. The summed E-state index contributed by atoms with van der Waals surface area (Å²) < 4.78 is 18.7. The number of rotatable bonds is 2. The number of aliphatic hydroxyl groups is 1. The van der Waals surface area contributed by atoms with Crippen LogP contribution in [0.4, 0.5) is 4.39 Å². The topological polar surface area (TPSA) is 49.8 Å². The van der Waals surface area contributed by atoms with Crippen LogP contribution in [0.5, 0.6) is 0 Å². The molecule has 18 heavy (non-hydrogen) atoms. The van der Waals surface area contributed by atoms with E-state index in [1.54, 1.807) is 0 Å². The summed E-state index contributed by atoms with van der Waals surface area (Å²) in [6.45, 7) is 1.68. The molecule has 0 saturated carbocycles. The Morgan fingerprint density at radius 2 is 2.11 bits per heavy atom. The standard InChI is InChI=1S/C12H13ClFNO3/c13-8-1-2-9(10(14)7-8)11(16)12(17)15-3-5-18-6-4-15/h1-2,7,11,16H,3-6H2/t11-/m0/s1. The van der Waals surface area contributed by atoms with Gasteiger partial charge >= 0.3 is 0 Å². The molecule has 98 valence electrons. The summed E-state index contributed by atoms with van der Waals surface area (Å²) in [6, 6.07) is 3.84. The minimum atomic E-state index is -1.50. The van der Waals surface area contributed by atoms with E-state index >= 15 is 0 Å². The molecule has 0 radical (unpaired) electrons. The van der Waals surface area contributed by atoms with Crippen LogP contribution in [0.15, 0.2) is 18.2 Å². The lowest BCUT2D eigenvalue weighted by Gasteiger charge is -2.28. The number of hydrogen-bond donors (Lipinski definition) is 1. The summed E-state index contributed by atoms with van der Waals surface area (Å²) in [5, 5.41) is 10.1. The van der Waals surface area contributed by atoms with E-state index in [-0.39, 0.29) is 10.6 Å². The van der Waals surface area contributed by atoms with Gasteiger partial charge in [-0.05, 0) is 12.1 Å². The molecule has 1 aliphatic heterocycles. The predicted molar refractivity (Wildman–Crippen MR) is 63.8 cm³/mol. The maximum Gasteiger partial charge on any atom is 0.256 e. The molecule has 1 atom stereocenters. The van der Waals surface area contributed by atoms with Crippen molar-refractivity contribution in [1.82, 2.24) is 4.90 Å². The minimum Gasteiger partial charge on any atom is -0.378 e. The zero-order valence-corrected chi connectivity index (χ0v) is 10.4. The molecule has 1 aromatic carbocycles. The van der Waals surface area contributed by atoms with Gasteiger partial charge in [-0.2, -0.15) is 0 Å². The summed E-state index contributed by atoms with van der Waals surface area (Å²) in [7, 11) is 0. The number of aliphatic hydroxyl groups excluding tert-OH is 1. The number of carbonyl (C=O) groups is 1. The van der Waals surface area contributed by atoms with Crippen LogP contribution in [0.2, 0.25) is 5.02 Å². The molecular weight excluding hydrogens is 261 g/mol. The second-order valence-corrected chi connectivity index (χ2v) is 4.44. The highest BCUT2D eigenvalue weighted by molar-refractivity contribution is 6.30. The molecule has 1 saturated heterocycles. The van der Waals surface area contributed by atoms with E-state index in [0.29, 0.717) is 26.3 Å². The van der Waals surface area contributed by atoms with Crippen LogP contribution in [-0.2, 0) is 9.53 Å². The first-order valence-electron chi connectivity index (χ1n) is 5.59. The number of amides is 1. The van der Waals surface area contributed by atoms with Gasteiger partial charge in [-0.15, -0.1) is 0 Å². The molecule has 1 heterocycles. The fourth-order valence-corrected chi connectivity index (χ4v) is 1.97. The van der Waals surface area contributed by atoms with Crippen molar-refractivity contribution in [3.05, 3.63) is 34.6 Å². The molecule has 0 spiro atoms. The van der Waals surface area contributed by atoms with Crippen molar-refractivity contribution in [3.63, 3.8) is 0 Å². The third-order valence-corrected chi connectivity index (χ3v) is 3.05. The highest BCUT2D eigenvalue weighted by Gasteiger charge is 2.27. The van der Waals surface area contributed by atoms with Crippen molar-refractivity contribution < 1.29 is 19.0 Å². The summed E-state index contributed by atoms with van der Waals surface area (Å²) in [4.78, 5) is 13.4. The van der Waals surface area contributed by atoms with Crippen molar-refractivity contribution >= 4 is 17.5 Å². The smallest absolute Gasteiger partial charge is 0.256 e. The number of carbonyl (C=O) groups excluding carboxylic acids is 1. The first-order valence-corrected chi connectivity index (χ1v) is 5.97. The van der Waals surface area contributed by atoms with E-state index in [1.807, 2.05) is 0 Å². The van der Waals surface area contributed by atoms with Crippen LogP contribution < -0.4 is 0 Å². The predicted octanol–water partition coefficient (Wildman–Crippen LogP) is 1.37. The Morgan fingerprint density at radius 1 is 1.44 bits per heavy atom. The lowest BCUT2D eigenvalue weighted by molar-refractivity contribution is -0.144. The number of ether oxygens (including phenoxy) is 1. The molecule has 1 N–H and O–H groups in total. The van der Waals surface area contributed by atoms with Gasteiger partial charge in [-0.3, -0.25) is 4.79 Å². The maximum absolute atomic E-state index is 13.6. The van der Waals surface area contributed by atoms with Crippen molar-refractivity contribution in [2.75, 3.05) is 26.3 Å². The van der Waals surface area contributed by atoms with Gasteiger partial charge in [0.05, 0.1) is 13.2 Å². The Kier molecular flexibility index (Phi) is 4.16. The summed E-state index contributed by atoms with van der Waals surface area (Å²) in [5.41, 5.74) is -0.0594.